The van der Waals surface area contributed by atoms with Gasteiger partial charge in [-0.3, -0.25) is 4.79 Å². The van der Waals surface area contributed by atoms with Gasteiger partial charge in [-0.2, -0.15) is 0 Å². The molecule has 0 spiro atoms. The molecule has 4 nitrogen and oxygen atoms in total. The van der Waals surface area contributed by atoms with Gasteiger partial charge in [-0.05, 0) is 55.7 Å². The van der Waals surface area contributed by atoms with Crippen LogP contribution in [-0.2, 0) is 4.79 Å². The van der Waals surface area contributed by atoms with Crippen molar-refractivity contribution in [3.05, 3.63) is 59.2 Å². The van der Waals surface area contributed by atoms with E-state index in [4.69, 9.17) is 9.47 Å². The minimum Gasteiger partial charge on any atom is -0.493 e. The second-order valence-corrected chi connectivity index (χ2v) is 5.49. The van der Waals surface area contributed by atoms with Crippen LogP contribution in [0, 0.1) is 13.8 Å². The average molecular weight is 325 g/mol. The zero-order valence-electron chi connectivity index (χ0n) is 14.6. The van der Waals surface area contributed by atoms with E-state index >= 15 is 0 Å². The van der Waals surface area contributed by atoms with Gasteiger partial charge in [-0.25, -0.2) is 0 Å². The molecule has 0 aliphatic heterocycles. The van der Waals surface area contributed by atoms with E-state index in [1.165, 1.54) is 0 Å². The highest BCUT2D eigenvalue weighted by Crippen LogP contribution is 2.28. The third-order valence-electron chi connectivity index (χ3n) is 3.78. The highest BCUT2D eigenvalue weighted by molar-refractivity contribution is 5.92. The van der Waals surface area contributed by atoms with Crippen LogP contribution in [0.2, 0.25) is 0 Å². The van der Waals surface area contributed by atoms with Crippen molar-refractivity contribution in [1.82, 2.24) is 0 Å². The molecule has 0 unspecified atom stereocenters. The Morgan fingerprint density at radius 1 is 1.17 bits per heavy atom. The fourth-order valence-corrected chi connectivity index (χ4v) is 2.32. The standard InChI is InChI=1S/C20H23NO3/c1-5-7-16-10-11-18(19(12-16)23-4)24-13-20(22)21-17-9-6-8-14(2)15(17)3/h5-12H,13H2,1-4H3,(H,21,22). The van der Waals surface area contributed by atoms with Gasteiger partial charge in [-0.15, -0.1) is 0 Å². The molecule has 24 heavy (non-hydrogen) atoms. The summed E-state index contributed by atoms with van der Waals surface area (Å²) in [5, 5.41) is 2.87. The van der Waals surface area contributed by atoms with Crippen molar-refractivity contribution in [2.45, 2.75) is 20.8 Å². The second kappa shape index (κ2) is 8.20. The number of ether oxygens (including phenoxy) is 2. The van der Waals surface area contributed by atoms with Crippen molar-refractivity contribution in [3.8, 4) is 11.5 Å². The Bertz CT molecular complexity index is 751. The Labute approximate surface area is 143 Å². The molecular weight excluding hydrogens is 302 g/mol. The summed E-state index contributed by atoms with van der Waals surface area (Å²) in [6.45, 7) is 5.87. The van der Waals surface area contributed by atoms with Crippen molar-refractivity contribution >= 4 is 17.7 Å². The molecule has 2 aromatic rings. The lowest BCUT2D eigenvalue weighted by Crippen LogP contribution is -2.21. The molecule has 0 aliphatic rings. The number of nitrogens with one attached hydrogen (secondary N) is 1. The zero-order valence-corrected chi connectivity index (χ0v) is 14.6. The average Bonchev–Trinajstić information content (AvgIpc) is 2.58. The van der Waals surface area contributed by atoms with Gasteiger partial charge >= 0.3 is 0 Å². The third-order valence-corrected chi connectivity index (χ3v) is 3.78. The van der Waals surface area contributed by atoms with Gasteiger partial charge in [0.15, 0.2) is 18.1 Å². The smallest absolute Gasteiger partial charge is 0.262 e. The summed E-state index contributed by atoms with van der Waals surface area (Å²) in [6, 6.07) is 11.4. The summed E-state index contributed by atoms with van der Waals surface area (Å²) in [7, 11) is 1.58. The predicted octanol–water partition coefficient (Wildman–Crippen LogP) is 4.36. The molecule has 0 radical (unpaired) electrons. The molecule has 0 heterocycles. The fraction of sp³-hybridized carbons (Fsp3) is 0.250. The molecule has 0 saturated heterocycles. The van der Waals surface area contributed by atoms with Crippen LogP contribution in [0.25, 0.3) is 6.08 Å². The number of benzene rings is 2. The highest BCUT2D eigenvalue weighted by Gasteiger charge is 2.10. The first-order chi connectivity index (χ1) is 11.5. The first kappa shape index (κ1) is 17.6. The maximum Gasteiger partial charge on any atom is 0.262 e. The summed E-state index contributed by atoms with van der Waals surface area (Å²) in [6.07, 6.45) is 3.92. The number of amides is 1. The van der Waals surface area contributed by atoms with E-state index in [0.29, 0.717) is 11.5 Å². The van der Waals surface area contributed by atoms with Crippen LogP contribution < -0.4 is 14.8 Å². The Morgan fingerprint density at radius 3 is 2.67 bits per heavy atom. The van der Waals surface area contributed by atoms with Crippen LogP contribution in [0.4, 0.5) is 5.69 Å². The summed E-state index contributed by atoms with van der Waals surface area (Å²) in [4.78, 5) is 12.1. The first-order valence-corrected chi connectivity index (χ1v) is 7.84. The van der Waals surface area contributed by atoms with Gasteiger partial charge in [-0.1, -0.05) is 30.4 Å². The first-order valence-electron chi connectivity index (χ1n) is 7.84. The number of carbonyl (C=O) groups excluding carboxylic acids is 1. The van der Waals surface area contributed by atoms with E-state index < -0.39 is 0 Å². The minimum absolute atomic E-state index is 0.0767. The van der Waals surface area contributed by atoms with Gasteiger partial charge < -0.3 is 14.8 Å². The molecule has 1 amide bonds. The largest absolute Gasteiger partial charge is 0.493 e. The number of methoxy groups -OCH3 is 1. The lowest BCUT2D eigenvalue weighted by Gasteiger charge is -2.13. The molecule has 2 rings (SSSR count). The Morgan fingerprint density at radius 2 is 1.96 bits per heavy atom. The quantitative estimate of drug-likeness (QED) is 0.858. The van der Waals surface area contributed by atoms with Crippen molar-refractivity contribution < 1.29 is 14.3 Å². The molecule has 0 aromatic heterocycles. The maximum absolute atomic E-state index is 12.1. The van der Waals surface area contributed by atoms with Crippen LogP contribution in [0.1, 0.15) is 23.6 Å². The predicted molar refractivity (Wildman–Crippen MR) is 97.7 cm³/mol. The van der Waals surface area contributed by atoms with Crippen LogP contribution in [0.3, 0.4) is 0 Å². The van der Waals surface area contributed by atoms with E-state index in [1.807, 2.05) is 63.3 Å². The van der Waals surface area contributed by atoms with Gasteiger partial charge in [0.1, 0.15) is 0 Å². The summed E-state index contributed by atoms with van der Waals surface area (Å²) in [5.41, 5.74) is 4.01. The van der Waals surface area contributed by atoms with Crippen LogP contribution >= 0.6 is 0 Å². The Kier molecular flexibility index (Phi) is 6.01. The zero-order chi connectivity index (χ0) is 17.5. The number of carbonyl (C=O) groups is 1. The molecule has 0 atom stereocenters. The van der Waals surface area contributed by atoms with Gasteiger partial charge in [0.25, 0.3) is 5.91 Å². The van der Waals surface area contributed by atoms with Crippen LogP contribution in [-0.4, -0.2) is 19.6 Å². The molecule has 126 valence electrons. The number of hydrogen-bond acceptors (Lipinski definition) is 3. The number of aryl methyl sites for hydroxylation is 1. The van der Waals surface area contributed by atoms with Gasteiger partial charge in [0.2, 0.25) is 0 Å². The van der Waals surface area contributed by atoms with Crippen LogP contribution in [0.5, 0.6) is 11.5 Å². The minimum atomic E-state index is -0.205. The summed E-state index contributed by atoms with van der Waals surface area (Å²) < 4.78 is 10.9. The SMILES string of the molecule is CC=Cc1ccc(OCC(=O)Nc2cccc(C)c2C)c(OC)c1. The van der Waals surface area contributed by atoms with E-state index in [0.717, 1.165) is 22.4 Å². The molecule has 2 aromatic carbocycles. The Balaban J connectivity index is 2.02. The van der Waals surface area contributed by atoms with Crippen molar-refractivity contribution in [3.63, 3.8) is 0 Å². The van der Waals surface area contributed by atoms with Gasteiger partial charge in [0, 0.05) is 5.69 Å². The third kappa shape index (κ3) is 4.38. The molecule has 0 fully saturated rings. The lowest BCUT2D eigenvalue weighted by molar-refractivity contribution is -0.118. The molecule has 1 N–H and O–H groups in total. The maximum atomic E-state index is 12.1. The molecule has 0 saturated carbocycles. The van der Waals surface area contributed by atoms with Crippen molar-refractivity contribution in [1.29, 1.82) is 0 Å². The van der Waals surface area contributed by atoms with E-state index in [2.05, 4.69) is 5.32 Å². The van der Waals surface area contributed by atoms with E-state index in [-0.39, 0.29) is 12.5 Å². The van der Waals surface area contributed by atoms with Gasteiger partial charge in [0.05, 0.1) is 7.11 Å². The number of hydrogen-bond donors (Lipinski definition) is 1. The molecule has 0 aliphatic carbocycles. The number of allylic oxidation sites excluding steroid dienone is 1. The monoisotopic (exact) mass is 325 g/mol. The second-order valence-electron chi connectivity index (χ2n) is 5.49. The van der Waals surface area contributed by atoms with E-state index in [1.54, 1.807) is 13.2 Å². The summed E-state index contributed by atoms with van der Waals surface area (Å²) in [5.74, 6) is 0.940. The normalized spacial score (nSPS) is 10.7. The lowest BCUT2D eigenvalue weighted by atomic mass is 10.1. The molecule has 4 heteroatoms. The topological polar surface area (TPSA) is 47.6 Å². The summed E-state index contributed by atoms with van der Waals surface area (Å²) >= 11 is 0. The highest BCUT2D eigenvalue weighted by atomic mass is 16.5. The van der Waals surface area contributed by atoms with Crippen LogP contribution in [0.15, 0.2) is 42.5 Å². The number of anilines is 1. The van der Waals surface area contributed by atoms with Crippen molar-refractivity contribution in [2.75, 3.05) is 19.0 Å². The van der Waals surface area contributed by atoms with E-state index in [9.17, 15) is 4.79 Å². The number of rotatable bonds is 6. The Hall–Kier alpha value is -2.75. The fourth-order valence-electron chi connectivity index (χ4n) is 2.32. The van der Waals surface area contributed by atoms with Crippen molar-refractivity contribution in [2.24, 2.45) is 0 Å². The molecule has 0 bridgehead atoms. The molecular formula is C20H23NO3.